The summed E-state index contributed by atoms with van der Waals surface area (Å²) in [6.07, 6.45) is 5.14. The van der Waals surface area contributed by atoms with Crippen LogP contribution >= 0.6 is 0 Å². The minimum atomic E-state index is -0.802. The van der Waals surface area contributed by atoms with Crippen LogP contribution in [0.5, 0.6) is 11.5 Å². The summed E-state index contributed by atoms with van der Waals surface area (Å²) in [4.78, 5) is 11.3. The molecule has 200 valence electrons. The number of hydrogen-bond acceptors (Lipinski definition) is 3. The average molecular weight is 517 g/mol. The Morgan fingerprint density at radius 1 is 1.05 bits per heavy atom. The molecule has 0 heterocycles. The van der Waals surface area contributed by atoms with Gasteiger partial charge in [-0.3, -0.25) is 4.79 Å². The second kappa shape index (κ2) is 11.4. The average Bonchev–Trinajstić information content (AvgIpc) is 3.25. The maximum Gasteiger partial charge on any atom is 0.303 e. The Morgan fingerprint density at radius 3 is 2.50 bits per heavy atom. The molecule has 38 heavy (non-hydrogen) atoms. The number of allylic oxidation sites excluding steroid dienone is 2. The Labute approximate surface area is 225 Å². The molecule has 1 aliphatic rings. The standard InChI is InChI=1S/C33H37FO4/c1-6-23(18-32(35)36)24-11-9-21(2)31(17-24)38-20-22-10-13-26(28-19-25(37-5)12-14-30(28)34)27(16-22)29-8-7-15-33(29,3)4/h8-14,16-17,19,23H,6-7,15,18,20H2,1-5H3,(H,35,36)/t23-/m1/s1. The van der Waals surface area contributed by atoms with Gasteiger partial charge in [0.15, 0.2) is 0 Å². The number of benzene rings is 3. The van der Waals surface area contributed by atoms with Crippen molar-refractivity contribution in [2.75, 3.05) is 7.11 Å². The SMILES string of the molecule is CC[C@H](CC(=O)O)c1ccc(C)c(OCc2ccc(-c3cc(OC)ccc3F)c(C3=CCCC3(C)C)c2)c1. The van der Waals surface area contributed by atoms with Gasteiger partial charge in [0.05, 0.1) is 13.5 Å². The molecule has 0 amide bonds. The van der Waals surface area contributed by atoms with Crippen molar-refractivity contribution >= 4 is 11.5 Å². The normalized spacial score (nSPS) is 15.2. The smallest absolute Gasteiger partial charge is 0.303 e. The van der Waals surface area contributed by atoms with E-state index in [0.29, 0.717) is 17.9 Å². The highest BCUT2D eigenvalue weighted by molar-refractivity contribution is 5.85. The number of carbonyl (C=O) groups is 1. The first-order chi connectivity index (χ1) is 18.1. The van der Waals surface area contributed by atoms with Crippen molar-refractivity contribution in [3.05, 3.63) is 88.7 Å². The van der Waals surface area contributed by atoms with Gasteiger partial charge < -0.3 is 14.6 Å². The molecule has 4 rings (SSSR count). The molecule has 0 spiro atoms. The summed E-state index contributed by atoms with van der Waals surface area (Å²) in [6.45, 7) is 8.81. The van der Waals surface area contributed by atoms with E-state index in [2.05, 4.69) is 26.0 Å². The summed E-state index contributed by atoms with van der Waals surface area (Å²) in [5, 5.41) is 9.29. The fourth-order valence-corrected chi connectivity index (χ4v) is 5.34. The zero-order valence-corrected chi connectivity index (χ0v) is 22.9. The van der Waals surface area contributed by atoms with Gasteiger partial charge in [0.25, 0.3) is 0 Å². The van der Waals surface area contributed by atoms with Crippen LogP contribution in [0.4, 0.5) is 4.39 Å². The first kappa shape index (κ1) is 27.4. The predicted octanol–water partition coefficient (Wildman–Crippen LogP) is 8.56. The predicted molar refractivity (Wildman–Crippen MR) is 150 cm³/mol. The van der Waals surface area contributed by atoms with Crippen molar-refractivity contribution in [3.8, 4) is 22.6 Å². The van der Waals surface area contributed by atoms with E-state index in [4.69, 9.17) is 9.47 Å². The highest BCUT2D eigenvalue weighted by atomic mass is 19.1. The second-order valence-electron chi connectivity index (χ2n) is 10.8. The Kier molecular flexibility index (Phi) is 8.25. The molecule has 1 N–H and O–H groups in total. The van der Waals surface area contributed by atoms with Crippen LogP contribution in [0.3, 0.4) is 0 Å². The first-order valence-electron chi connectivity index (χ1n) is 13.3. The largest absolute Gasteiger partial charge is 0.497 e. The van der Waals surface area contributed by atoms with Gasteiger partial charge in [0, 0.05) is 5.56 Å². The van der Waals surface area contributed by atoms with Crippen LogP contribution in [0.15, 0.2) is 60.7 Å². The number of rotatable bonds is 10. The number of hydrogen-bond donors (Lipinski definition) is 1. The van der Waals surface area contributed by atoms with Crippen LogP contribution < -0.4 is 9.47 Å². The molecule has 0 bridgehead atoms. The van der Waals surface area contributed by atoms with Crippen molar-refractivity contribution in [2.24, 2.45) is 5.41 Å². The maximum atomic E-state index is 15.0. The third-order valence-electron chi connectivity index (χ3n) is 7.68. The number of aliphatic carboxylic acids is 1. The molecular formula is C33H37FO4. The minimum absolute atomic E-state index is 0.0200. The van der Waals surface area contributed by atoms with Crippen LogP contribution in [-0.2, 0) is 11.4 Å². The highest BCUT2D eigenvalue weighted by Crippen LogP contribution is 2.47. The lowest BCUT2D eigenvalue weighted by Crippen LogP contribution is -2.10. The van der Waals surface area contributed by atoms with Gasteiger partial charge in [0.1, 0.15) is 23.9 Å². The van der Waals surface area contributed by atoms with Crippen molar-refractivity contribution in [2.45, 2.75) is 65.9 Å². The fourth-order valence-electron chi connectivity index (χ4n) is 5.34. The van der Waals surface area contributed by atoms with Crippen LogP contribution in [0.2, 0.25) is 0 Å². The van der Waals surface area contributed by atoms with Crippen LogP contribution in [-0.4, -0.2) is 18.2 Å². The second-order valence-corrected chi connectivity index (χ2v) is 10.8. The molecular weight excluding hydrogens is 479 g/mol. The molecule has 0 fully saturated rings. The molecule has 3 aromatic rings. The number of carboxylic acids is 1. The number of aryl methyl sites for hydroxylation is 1. The molecule has 0 radical (unpaired) electrons. The first-order valence-corrected chi connectivity index (χ1v) is 13.3. The number of halogens is 1. The van der Waals surface area contributed by atoms with E-state index in [1.165, 1.54) is 11.6 Å². The van der Waals surface area contributed by atoms with Gasteiger partial charge in [-0.2, -0.15) is 0 Å². The Morgan fingerprint density at radius 2 is 1.84 bits per heavy atom. The molecule has 3 aromatic carbocycles. The van der Waals surface area contributed by atoms with Crippen molar-refractivity contribution < 1.29 is 23.8 Å². The third kappa shape index (κ3) is 5.93. The van der Waals surface area contributed by atoms with Crippen LogP contribution in [0.25, 0.3) is 16.7 Å². The van der Waals surface area contributed by atoms with Gasteiger partial charge in [-0.15, -0.1) is 0 Å². The molecule has 5 heteroatoms. The third-order valence-corrected chi connectivity index (χ3v) is 7.68. The van der Waals surface area contributed by atoms with Gasteiger partial charge >= 0.3 is 5.97 Å². The topological polar surface area (TPSA) is 55.8 Å². The number of methoxy groups -OCH3 is 1. The van der Waals surface area contributed by atoms with E-state index in [0.717, 1.165) is 52.8 Å². The molecule has 4 nitrogen and oxygen atoms in total. The van der Waals surface area contributed by atoms with E-state index in [1.807, 2.05) is 44.2 Å². The minimum Gasteiger partial charge on any atom is -0.497 e. The van der Waals surface area contributed by atoms with Gasteiger partial charge in [-0.05, 0) is 101 Å². The lowest BCUT2D eigenvalue weighted by molar-refractivity contribution is -0.137. The van der Waals surface area contributed by atoms with Crippen molar-refractivity contribution in [1.29, 1.82) is 0 Å². The lowest BCUT2D eigenvalue weighted by atomic mass is 9.79. The Balaban J connectivity index is 1.68. The van der Waals surface area contributed by atoms with Gasteiger partial charge in [-0.25, -0.2) is 4.39 Å². The molecule has 1 atom stereocenters. The Bertz CT molecular complexity index is 1360. The summed E-state index contributed by atoms with van der Waals surface area (Å²) in [7, 11) is 1.59. The monoisotopic (exact) mass is 516 g/mol. The lowest BCUT2D eigenvalue weighted by Gasteiger charge is -2.25. The van der Waals surface area contributed by atoms with Crippen molar-refractivity contribution in [1.82, 2.24) is 0 Å². The summed E-state index contributed by atoms with van der Waals surface area (Å²) >= 11 is 0. The molecule has 1 aliphatic carbocycles. The number of ether oxygens (including phenoxy) is 2. The highest BCUT2D eigenvalue weighted by Gasteiger charge is 2.30. The summed E-state index contributed by atoms with van der Waals surface area (Å²) in [5.74, 6) is 0.214. The van der Waals surface area contributed by atoms with E-state index in [-0.39, 0.29) is 23.6 Å². The molecule has 0 saturated heterocycles. The molecule has 0 aliphatic heterocycles. The van der Waals surface area contributed by atoms with E-state index >= 15 is 4.39 Å². The van der Waals surface area contributed by atoms with Crippen molar-refractivity contribution in [3.63, 3.8) is 0 Å². The fraction of sp³-hybridized carbons (Fsp3) is 0.364. The summed E-state index contributed by atoms with van der Waals surface area (Å²) in [6, 6.07) is 16.9. The van der Waals surface area contributed by atoms with Gasteiger partial charge in [0.2, 0.25) is 0 Å². The van der Waals surface area contributed by atoms with E-state index < -0.39 is 5.97 Å². The zero-order valence-electron chi connectivity index (χ0n) is 22.9. The maximum absolute atomic E-state index is 15.0. The Hall–Kier alpha value is -3.60. The molecule has 0 unspecified atom stereocenters. The van der Waals surface area contributed by atoms with Gasteiger partial charge in [-0.1, -0.05) is 51.1 Å². The zero-order chi connectivity index (χ0) is 27.4. The van der Waals surface area contributed by atoms with E-state index in [9.17, 15) is 9.90 Å². The summed E-state index contributed by atoms with van der Waals surface area (Å²) < 4.78 is 26.7. The summed E-state index contributed by atoms with van der Waals surface area (Å²) in [5.41, 5.74) is 6.51. The molecule has 0 saturated carbocycles. The van der Waals surface area contributed by atoms with Crippen LogP contribution in [0, 0.1) is 18.2 Å². The van der Waals surface area contributed by atoms with Crippen LogP contribution in [0.1, 0.15) is 74.6 Å². The quantitative estimate of drug-likeness (QED) is 0.293. The number of carboxylic acid groups (broad SMARTS) is 1. The van der Waals surface area contributed by atoms with E-state index in [1.54, 1.807) is 19.2 Å². The molecule has 0 aromatic heterocycles.